The van der Waals surface area contributed by atoms with E-state index in [2.05, 4.69) is 19.2 Å². The molecular weight excluding hydrogens is 288 g/mol. The first-order chi connectivity index (χ1) is 11.0. The van der Waals surface area contributed by atoms with Crippen LogP contribution in [0.25, 0.3) is 0 Å². The first-order valence-electron chi connectivity index (χ1n) is 8.05. The molecule has 0 bridgehead atoms. The molecule has 1 aromatic carbocycles. The van der Waals surface area contributed by atoms with E-state index < -0.39 is 0 Å². The normalized spacial score (nSPS) is 10.6. The van der Waals surface area contributed by atoms with Crippen LogP contribution >= 0.6 is 0 Å². The van der Waals surface area contributed by atoms with E-state index in [1.54, 1.807) is 12.1 Å². The van der Waals surface area contributed by atoms with Gasteiger partial charge < -0.3 is 9.88 Å². The predicted octanol–water partition coefficient (Wildman–Crippen LogP) is 3.23. The van der Waals surface area contributed by atoms with Gasteiger partial charge in [-0.3, -0.25) is 9.59 Å². The van der Waals surface area contributed by atoms with Gasteiger partial charge in [0.05, 0.1) is 0 Å². The third-order valence-corrected chi connectivity index (χ3v) is 4.12. The summed E-state index contributed by atoms with van der Waals surface area (Å²) < 4.78 is 1.86. The van der Waals surface area contributed by atoms with Crippen LogP contribution in [0.15, 0.2) is 35.1 Å². The quantitative estimate of drug-likeness (QED) is 0.921. The number of para-hydroxylation sites is 1. The van der Waals surface area contributed by atoms with Crippen molar-refractivity contribution in [1.29, 1.82) is 0 Å². The smallest absolute Gasteiger partial charge is 0.244 e. The lowest BCUT2D eigenvalue weighted by Gasteiger charge is -2.17. The van der Waals surface area contributed by atoms with Gasteiger partial charge in [0.1, 0.15) is 6.54 Å². The number of amides is 1. The van der Waals surface area contributed by atoms with Crippen molar-refractivity contribution in [2.24, 2.45) is 0 Å². The number of benzene rings is 1. The Hall–Kier alpha value is -2.36. The summed E-state index contributed by atoms with van der Waals surface area (Å²) in [5.41, 5.74) is 4.78. The molecule has 1 aromatic heterocycles. The lowest BCUT2D eigenvalue weighted by molar-refractivity contribution is -0.116. The highest BCUT2D eigenvalue weighted by atomic mass is 16.2. The number of carbonyl (C=O) groups excluding carboxylic acids is 1. The van der Waals surface area contributed by atoms with E-state index in [4.69, 9.17) is 0 Å². The van der Waals surface area contributed by atoms with Gasteiger partial charge in [0.25, 0.3) is 0 Å². The van der Waals surface area contributed by atoms with E-state index in [-0.39, 0.29) is 17.9 Å². The van der Waals surface area contributed by atoms with Crippen molar-refractivity contribution in [3.63, 3.8) is 0 Å². The van der Waals surface area contributed by atoms with Crippen LogP contribution in [-0.2, 0) is 24.2 Å². The lowest BCUT2D eigenvalue weighted by Crippen LogP contribution is -2.24. The molecule has 23 heavy (non-hydrogen) atoms. The highest BCUT2D eigenvalue weighted by molar-refractivity contribution is 5.92. The van der Waals surface area contributed by atoms with Crippen LogP contribution < -0.4 is 10.7 Å². The van der Waals surface area contributed by atoms with Crippen molar-refractivity contribution < 1.29 is 4.79 Å². The molecule has 2 aromatic rings. The predicted molar refractivity (Wildman–Crippen MR) is 94.0 cm³/mol. The highest BCUT2D eigenvalue weighted by Gasteiger charge is 2.12. The second kappa shape index (κ2) is 7.27. The molecule has 0 fully saturated rings. The molecule has 0 spiro atoms. The SMILES string of the molecule is CCc1cccc(CC)c1NC(=O)Cn1c(C)cc(=O)cc1C. The molecule has 0 saturated heterocycles. The number of rotatable bonds is 5. The van der Waals surface area contributed by atoms with Crippen molar-refractivity contribution in [2.75, 3.05) is 5.32 Å². The van der Waals surface area contributed by atoms with E-state index in [0.29, 0.717) is 0 Å². The standard InChI is InChI=1S/C19H24N2O2/c1-5-15-8-7-9-16(6-2)19(15)20-18(23)12-21-13(3)10-17(22)11-14(21)4/h7-11H,5-6,12H2,1-4H3,(H,20,23). The average Bonchev–Trinajstić information content (AvgIpc) is 2.51. The second-order valence-electron chi connectivity index (χ2n) is 5.77. The van der Waals surface area contributed by atoms with Gasteiger partial charge in [0.15, 0.2) is 5.43 Å². The van der Waals surface area contributed by atoms with Gasteiger partial charge in [-0.2, -0.15) is 0 Å². The molecule has 0 radical (unpaired) electrons. The van der Waals surface area contributed by atoms with Gasteiger partial charge in [-0.15, -0.1) is 0 Å². The Bertz CT molecular complexity index is 727. The number of pyridine rings is 1. The van der Waals surface area contributed by atoms with E-state index in [9.17, 15) is 9.59 Å². The summed E-state index contributed by atoms with van der Waals surface area (Å²) >= 11 is 0. The summed E-state index contributed by atoms with van der Waals surface area (Å²) in [6.07, 6.45) is 1.75. The van der Waals surface area contributed by atoms with Gasteiger partial charge in [0.2, 0.25) is 5.91 Å². The van der Waals surface area contributed by atoms with Crippen LogP contribution in [0.3, 0.4) is 0 Å². The average molecular weight is 312 g/mol. The van der Waals surface area contributed by atoms with Gasteiger partial charge in [0, 0.05) is 29.2 Å². The number of nitrogens with zero attached hydrogens (tertiary/aromatic N) is 1. The molecular formula is C19H24N2O2. The summed E-state index contributed by atoms with van der Waals surface area (Å²) in [5.74, 6) is -0.0737. The Kier molecular flexibility index (Phi) is 5.37. The van der Waals surface area contributed by atoms with Crippen LogP contribution in [0.4, 0.5) is 5.69 Å². The van der Waals surface area contributed by atoms with E-state index in [1.807, 2.05) is 36.6 Å². The summed E-state index contributed by atoms with van der Waals surface area (Å²) in [6, 6.07) is 9.23. The van der Waals surface area contributed by atoms with Gasteiger partial charge >= 0.3 is 0 Å². The van der Waals surface area contributed by atoms with Crippen LogP contribution in [0.5, 0.6) is 0 Å². The first-order valence-corrected chi connectivity index (χ1v) is 8.05. The fraction of sp³-hybridized carbons (Fsp3) is 0.368. The molecule has 4 heteroatoms. The second-order valence-corrected chi connectivity index (χ2v) is 5.77. The fourth-order valence-corrected chi connectivity index (χ4v) is 2.86. The Morgan fingerprint density at radius 3 is 2.04 bits per heavy atom. The molecule has 0 aliphatic heterocycles. The largest absolute Gasteiger partial charge is 0.340 e. The summed E-state index contributed by atoms with van der Waals surface area (Å²) in [7, 11) is 0. The van der Waals surface area contributed by atoms with Crippen molar-refractivity contribution in [3.05, 3.63) is 63.1 Å². The van der Waals surface area contributed by atoms with E-state index in [1.165, 1.54) is 0 Å². The minimum absolute atomic E-state index is 0.0266. The van der Waals surface area contributed by atoms with Crippen molar-refractivity contribution in [2.45, 2.75) is 47.1 Å². The van der Waals surface area contributed by atoms with Gasteiger partial charge in [-0.1, -0.05) is 32.0 Å². The Morgan fingerprint density at radius 2 is 1.57 bits per heavy atom. The first kappa shape index (κ1) is 17.0. The zero-order valence-corrected chi connectivity index (χ0v) is 14.3. The topological polar surface area (TPSA) is 51.1 Å². The van der Waals surface area contributed by atoms with Crippen molar-refractivity contribution in [1.82, 2.24) is 4.57 Å². The number of carbonyl (C=O) groups is 1. The Morgan fingerprint density at radius 1 is 1.04 bits per heavy atom. The molecule has 0 unspecified atom stereocenters. The van der Waals surface area contributed by atoms with Crippen molar-refractivity contribution >= 4 is 11.6 Å². The van der Waals surface area contributed by atoms with Gasteiger partial charge in [-0.25, -0.2) is 0 Å². The Labute approximate surface area is 137 Å². The van der Waals surface area contributed by atoms with Gasteiger partial charge in [-0.05, 0) is 37.8 Å². The molecule has 0 atom stereocenters. The molecule has 1 N–H and O–H groups in total. The Balaban J connectivity index is 2.26. The minimum Gasteiger partial charge on any atom is -0.340 e. The number of hydrogen-bond acceptors (Lipinski definition) is 2. The molecule has 2 rings (SSSR count). The maximum absolute atomic E-state index is 12.5. The third kappa shape index (κ3) is 3.89. The number of aryl methyl sites for hydroxylation is 4. The summed E-state index contributed by atoms with van der Waals surface area (Å²) in [4.78, 5) is 24.0. The van der Waals surface area contributed by atoms with E-state index in [0.717, 1.165) is 41.0 Å². The summed E-state index contributed by atoms with van der Waals surface area (Å²) in [6.45, 7) is 8.07. The van der Waals surface area contributed by atoms with Crippen LogP contribution in [0, 0.1) is 13.8 Å². The van der Waals surface area contributed by atoms with Crippen LogP contribution in [0.2, 0.25) is 0 Å². The molecule has 4 nitrogen and oxygen atoms in total. The lowest BCUT2D eigenvalue weighted by atomic mass is 10.0. The number of aromatic nitrogens is 1. The number of nitrogens with one attached hydrogen (secondary N) is 1. The van der Waals surface area contributed by atoms with E-state index >= 15 is 0 Å². The third-order valence-electron chi connectivity index (χ3n) is 4.12. The minimum atomic E-state index is -0.0737. The molecule has 122 valence electrons. The van der Waals surface area contributed by atoms with Crippen LogP contribution in [-0.4, -0.2) is 10.5 Å². The monoisotopic (exact) mass is 312 g/mol. The zero-order chi connectivity index (χ0) is 17.0. The molecule has 1 amide bonds. The highest BCUT2D eigenvalue weighted by Crippen LogP contribution is 2.22. The summed E-state index contributed by atoms with van der Waals surface area (Å²) in [5, 5.41) is 3.06. The van der Waals surface area contributed by atoms with Crippen molar-refractivity contribution in [3.8, 4) is 0 Å². The molecule has 0 saturated carbocycles. The number of anilines is 1. The van der Waals surface area contributed by atoms with Crippen LogP contribution in [0.1, 0.15) is 36.4 Å². The zero-order valence-electron chi connectivity index (χ0n) is 14.3. The molecule has 0 aliphatic carbocycles. The maximum Gasteiger partial charge on any atom is 0.244 e. The molecule has 0 aliphatic rings. The molecule has 1 heterocycles. The maximum atomic E-state index is 12.5. The fourth-order valence-electron chi connectivity index (χ4n) is 2.86. The number of hydrogen-bond donors (Lipinski definition) is 1.